The van der Waals surface area contributed by atoms with Crippen LogP contribution in [-0.2, 0) is 45.0 Å². The number of carbonyl (C=O) groups is 4. The third-order valence-corrected chi connectivity index (χ3v) is 13.6. The van der Waals surface area contributed by atoms with E-state index in [0.717, 1.165) is 65.9 Å². The van der Waals surface area contributed by atoms with Crippen LogP contribution < -0.4 is 20.7 Å². The lowest BCUT2D eigenvalue weighted by atomic mass is 10.0. The van der Waals surface area contributed by atoms with Crippen LogP contribution in [0.5, 0.6) is 11.5 Å². The van der Waals surface area contributed by atoms with Crippen molar-refractivity contribution < 1.29 is 33.8 Å². The molecule has 6 aromatic carbocycles. The summed E-state index contributed by atoms with van der Waals surface area (Å²) in [5.74, 6) is -2.43. The molecule has 5 aromatic heterocycles. The maximum Gasteiger partial charge on any atom is 0.329 e. The number of aromatic nitrogens is 5. The maximum atomic E-state index is 15.2. The van der Waals surface area contributed by atoms with E-state index < -0.39 is 41.8 Å². The van der Waals surface area contributed by atoms with Gasteiger partial charge >= 0.3 is 5.97 Å². The van der Waals surface area contributed by atoms with Gasteiger partial charge in [-0.25, -0.2) is 9.78 Å². The smallest absolute Gasteiger partial charge is 0.329 e. The highest BCUT2D eigenvalue weighted by molar-refractivity contribution is 6.13. The van der Waals surface area contributed by atoms with Gasteiger partial charge in [0.1, 0.15) is 30.4 Å². The van der Waals surface area contributed by atoms with Gasteiger partial charge in [0.15, 0.2) is 11.5 Å². The van der Waals surface area contributed by atoms with Gasteiger partial charge in [-0.2, -0.15) is 0 Å². The first-order valence-corrected chi connectivity index (χ1v) is 24.2. The third-order valence-electron chi connectivity index (χ3n) is 13.6. The molecule has 11 rings (SSSR count). The zero-order valence-corrected chi connectivity index (χ0v) is 40.1. The van der Waals surface area contributed by atoms with Gasteiger partial charge in [-0.1, -0.05) is 103 Å². The molecule has 15 heteroatoms. The van der Waals surface area contributed by atoms with Crippen LogP contribution in [0, 0.1) is 0 Å². The van der Waals surface area contributed by atoms with Gasteiger partial charge in [0.05, 0.1) is 18.3 Å². The van der Waals surface area contributed by atoms with Crippen molar-refractivity contribution in [2.75, 3.05) is 7.11 Å². The van der Waals surface area contributed by atoms with Crippen molar-refractivity contribution >= 4 is 78.2 Å². The molecule has 0 saturated carbocycles. The van der Waals surface area contributed by atoms with E-state index >= 15 is 9.59 Å². The number of pyridine rings is 1. The number of hydrogen-bond donors (Lipinski definition) is 8. The zero-order chi connectivity index (χ0) is 50.7. The predicted octanol–water partition coefficient (Wildman–Crippen LogP) is 9.08. The van der Waals surface area contributed by atoms with E-state index in [1.807, 2.05) is 134 Å². The molecule has 0 unspecified atom stereocenters. The number of hydrogen-bond acceptors (Lipinski definition) is 8. The first-order valence-electron chi connectivity index (χ1n) is 24.2. The normalized spacial score (nSPS) is 12.7. The van der Waals surface area contributed by atoms with Crippen molar-refractivity contribution in [3.8, 4) is 22.8 Å². The fourth-order valence-corrected chi connectivity index (χ4v) is 9.77. The molecule has 5 heterocycles. The molecule has 0 fully saturated rings. The first kappa shape index (κ1) is 46.7. The van der Waals surface area contributed by atoms with E-state index in [0.29, 0.717) is 22.2 Å². The second kappa shape index (κ2) is 20.2. The Morgan fingerprint density at radius 1 is 0.554 bits per heavy atom. The second-order valence-electron chi connectivity index (χ2n) is 18.3. The number of aromatic hydroxyl groups is 1. The number of phenolic OH excluding ortho intramolecular Hbond substituents is 1. The average molecular weight is 983 g/mol. The molecular formula is C59H50N8O7. The number of esters is 1. The number of rotatable bonds is 17. The minimum Gasteiger partial charge on any atom is -0.504 e. The van der Waals surface area contributed by atoms with Crippen LogP contribution in [0.25, 0.3) is 65.8 Å². The Balaban J connectivity index is 0.950. The molecule has 3 amide bonds. The molecule has 74 heavy (non-hydrogen) atoms. The number of carbonyl (C=O) groups excluding carboxylic acids is 4. The van der Waals surface area contributed by atoms with Gasteiger partial charge < -0.3 is 50.5 Å². The van der Waals surface area contributed by atoms with Crippen LogP contribution in [0.15, 0.2) is 170 Å². The summed E-state index contributed by atoms with van der Waals surface area (Å²) in [4.78, 5) is 77.5. The Kier molecular flexibility index (Phi) is 12.8. The molecule has 0 spiro atoms. The molecule has 11 aromatic rings. The number of phenols is 1. The molecule has 0 bridgehead atoms. The summed E-state index contributed by atoms with van der Waals surface area (Å²) in [6.45, 7) is -0.0165. The number of nitrogens with one attached hydrogen (secondary N) is 7. The van der Waals surface area contributed by atoms with Crippen LogP contribution in [0.4, 0.5) is 0 Å². The molecule has 0 aliphatic rings. The van der Waals surface area contributed by atoms with E-state index in [-0.39, 0.29) is 43.1 Å². The number of amides is 3. The van der Waals surface area contributed by atoms with E-state index in [4.69, 9.17) is 14.5 Å². The van der Waals surface area contributed by atoms with Crippen LogP contribution in [-0.4, -0.2) is 79.0 Å². The van der Waals surface area contributed by atoms with E-state index in [1.165, 1.54) is 13.2 Å². The monoisotopic (exact) mass is 982 g/mol. The van der Waals surface area contributed by atoms with E-state index in [1.54, 1.807) is 30.6 Å². The number of benzene rings is 6. The molecule has 0 radical (unpaired) electrons. The fourth-order valence-electron chi connectivity index (χ4n) is 9.77. The van der Waals surface area contributed by atoms with Gasteiger partial charge in [0.25, 0.3) is 5.91 Å². The van der Waals surface area contributed by atoms with Crippen molar-refractivity contribution in [2.45, 2.75) is 44.0 Å². The highest BCUT2D eigenvalue weighted by Crippen LogP contribution is 2.37. The van der Waals surface area contributed by atoms with Crippen molar-refractivity contribution in [1.29, 1.82) is 0 Å². The van der Waals surface area contributed by atoms with E-state index in [9.17, 15) is 14.7 Å². The number of methoxy groups -OCH3 is 1. The number of H-pyrrole nitrogens is 4. The summed E-state index contributed by atoms with van der Waals surface area (Å²) in [5, 5.41) is 23.6. The van der Waals surface area contributed by atoms with Crippen molar-refractivity contribution in [3.63, 3.8) is 0 Å². The summed E-state index contributed by atoms with van der Waals surface area (Å²) in [6, 6.07) is 42.8. The lowest BCUT2D eigenvalue weighted by molar-refractivity contribution is -0.149. The molecule has 0 saturated heterocycles. The average Bonchev–Trinajstić information content (AvgIpc) is 4.24. The Labute approximate surface area is 423 Å². The molecule has 8 N–H and O–H groups in total. The molecule has 15 nitrogen and oxygen atoms in total. The van der Waals surface area contributed by atoms with Crippen LogP contribution in [0.2, 0.25) is 0 Å². The lowest BCUT2D eigenvalue weighted by Crippen LogP contribution is -2.57. The van der Waals surface area contributed by atoms with Gasteiger partial charge in [-0.15, -0.1) is 0 Å². The largest absolute Gasteiger partial charge is 0.504 e. The number of nitrogens with zero attached hydrogens (tertiary/aromatic N) is 1. The topological polar surface area (TPSA) is 219 Å². The Morgan fingerprint density at radius 3 is 1.64 bits per heavy atom. The van der Waals surface area contributed by atoms with Crippen molar-refractivity contribution in [3.05, 3.63) is 198 Å². The molecule has 0 aliphatic heterocycles. The molecule has 0 aliphatic carbocycles. The standard InChI is InChI=1S/C59H50N8O7/c1-73-53-28-35(23-24-52(53)68)54-55-43(42-18-8-12-22-47(42)63-55)29-50(64-54)58(71)66-48(25-36-30-60-44-19-9-5-15-39(36)44)56(69)65-49(26-37-31-61-45-20-10-6-16-40(37)45)57(70)67-51(59(72)74-33-34-13-3-2-4-14-34)27-38-32-62-46-21-11-7-17-41(38)46/h2-24,28-32,48-49,51,60-63,68H,25-27,33H2,1H3,(H,65,69)(H,66,71)(H,67,70)/t48-,49-,51-/m0/s1. The minimum atomic E-state index is -1.26. The zero-order valence-electron chi connectivity index (χ0n) is 40.1. The van der Waals surface area contributed by atoms with Crippen molar-refractivity contribution in [2.24, 2.45) is 0 Å². The molecule has 3 atom stereocenters. The summed E-state index contributed by atoms with van der Waals surface area (Å²) >= 11 is 0. The second-order valence-corrected chi connectivity index (χ2v) is 18.3. The van der Waals surface area contributed by atoms with Gasteiger partial charge in [-0.3, -0.25) is 14.4 Å². The van der Waals surface area contributed by atoms with E-state index in [2.05, 4.69) is 35.9 Å². The number of ether oxygens (including phenoxy) is 2. The predicted molar refractivity (Wildman–Crippen MR) is 285 cm³/mol. The first-order chi connectivity index (χ1) is 36.2. The molecular weight excluding hydrogens is 933 g/mol. The van der Waals surface area contributed by atoms with Crippen LogP contribution in [0.3, 0.4) is 0 Å². The van der Waals surface area contributed by atoms with Gasteiger partial charge in [0, 0.05) is 92.4 Å². The Morgan fingerprint density at radius 2 is 1.05 bits per heavy atom. The number of aromatic amines is 4. The Bertz CT molecular complexity index is 3890. The summed E-state index contributed by atoms with van der Waals surface area (Å²) in [6.07, 6.45) is 5.54. The van der Waals surface area contributed by atoms with Crippen LogP contribution in [0.1, 0.15) is 32.7 Å². The number of fused-ring (bicyclic) bond motifs is 6. The summed E-state index contributed by atoms with van der Waals surface area (Å²) in [5.41, 5.74) is 8.07. The number of para-hydroxylation sites is 4. The highest BCUT2D eigenvalue weighted by atomic mass is 16.5. The van der Waals surface area contributed by atoms with Crippen molar-refractivity contribution in [1.82, 2.24) is 40.9 Å². The van der Waals surface area contributed by atoms with Gasteiger partial charge in [0.2, 0.25) is 11.8 Å². The maximum absolute atomic E-state index is 15.2. The SMILES string of the molecule is COc1cc(-c2nc(C(=O)N[C@@H](Cc3c[nH]c4ccccc34)C(=O)N[C@@H](Cc3c[nH]c4ccccc34)C(=O)N[C@@H](Cc3c[nH]c4ccccc34)C(=O)OCc3ccccc3)cc3c2[nH]c2ccccc23)ccc1O. The Hall–Kier alpha value is -9.63. The summed E-state index contributed by atoms with van der Waals surface area (Å²) in [7, 11) is 1.45. The third kappa shape index (κ3) is 9.49. The minimum absolute atomic E-state index is 0.0165. The van der Waals surface area contributed by atoms with Gasteiger partial charge in [-0.05, 0) is 70.8 Å². The van der Waals surface area contributed by atoms with Crippen LogP contribution >= 0.6 is 0 Å². The quantitative estimate of drug-likeness (QED) is 0.0411. The molecule has 368 valence electrons. The highest BCUT2D eigenvalue weighted by Gasteiger charge is 2.33. The lowest BCUT2D eigenvalue weighted by Gasteiger charge is -2.25. The fraction of sp³-hybridized carbons (Fsp3) is 0.136. The summed E-state index contributed by atoms with van der Waals surface area (Å²) < 4.78 is 11.3.